The molecule has 0 spiro atoms. The molecule has 3 amide bonds. The van der Waals surface area contributed by atoms with Crippen molar-refractivity contribution in [1.29, 1.82) is 0 Å². The summed E-state index contributed by atoms with van der Waals surface area (Å²) in [6.07, 6.45) is 1.82. The number of anilines is 2. The molecule has 2 atom stereocenters. The Balaban J connectivity index is 1.42. The van der Waals surface area contributed by atoms with E-state index < -0.39 is 5.92 Å². The lowest BCUT2D eigenvalue weighted by atomic mass is 10.1. The lowest BCUT2D eigenvalue weighted by Gasteiger charge is -2.22. The number of primary amides is 1. The van der Waals surface area contributed by atoms with Crippen LogP contribution in [0.5, 0.6) is 11.5 Å². The first kappa shape index (κ1) is 23.6. The van der Waals surface area contributed by atoms with Gasteiger partial charge in [0.2, 0.25) is 17.7 Å². The third kappa shape index (κ3) is 4.99. The van der Waals surface area contributed by atoms with E-state index in [0.717, 1.165) is 24.9 Å². The van der Waals surface area contributed by atoms with Gasteiger partial charge in [-0.25, -0.2) is 0 Å². The minimum absolute atomic E-state index is 0.111. The molecule has 2 aliphatic rings. The first-order chi connectivity index (χ1) is 16.4. The van der Waals surface area contributed by atoms with Gasteiger partial charge in [-0.3, -0.25) is 19.3 Å². The van der Waals surface area contributed by atoms with Crippen LogP contribution in [0.1, 0.15) is 24.8 Å². The zero-order valence-corrected chi connectivity index (χ0v) is 19.5. The van der Waals surface area contributed by atoms with Crippen LogP contribution in [0.25, 0.3) is 0 Å². The Labute approximate surface area is 198 Å². The molecule has 3 N–H and O–H groups in total. The van der Waals surface area contributed by atoms with Crippen LogP contribution in [-0.4, -0.2) is 56.0 Å². The van der Waals surface area contributed by atoms with E-state index in [-0.39, 0.29) is 36.7 Å². The summed E-state index contributed by atoms with van der Waals surface area (Å²) in [6.45, 7) is 1.66. The summed E-state index contributed by atoms with van der Waals surface area (Å²) < 4.78 is 10.7. The molecule has 2 saturated heterocycles. The van der Waals surface area contributed by atoms with Gasteiger partial charge in [0, 0.05) is 31.3 Å². The minimum atomic E-state index is -0.495. The van der Waals surface area contributed by atoms with Crippen molar-refractivity contribution in [3.8, 4) is 11.5 Å². The van der Waals surface area contributed by atoms with Crippen LogP contribution in [0.2, 0.25) is 0 Å². The van der Waals surface area contributed by atoms with Crippen LogP contribution >= 0.6 is 0 Å². The Kier molecular flexibility index (Phi) is 7.02. The molecule has 2 unspecified atom stereocenters. The smallest absolute Gasteiger partial charge is 0.234 e. The minimum Gasteiger partial charge on any atom is -0.497 e. The molecule has 2 aromatic carbocycles. The van der Waals surface area contributed by atoms with Gasteiger partial charge in [0.05, 0.1) is 31.9 Å². The van der Waals surface area contributed by atoms with Crippen molar-refractivity contribution in [2.45, 2.75) is 31.8 Å². The van der Waals surface area contributed by atoms with E-state index in [1.165, 1.54) is 7.11 Å². The number of nitrogens with two attached hydrogens (primary N) is 1. The van der Waals surface area contributed by atoms with E-state index in [1.54, 1.807) is 30.2 Å². The number of nitrogens with one attached hydrogen (secondary N) is 1. The summed E-state index contributed by atoms with van der Waals surface area (Å²) in [5.74, 6) is -0.0167. The highest BCUT2D eigenvalue weighted by Gasteiger charge is 2.36. The molecule has 2 aliphatic heterocycles. The summed E-state index contributed by atoms with van der Waals surface area (Å²) in [5, 5.41) is 2.94. The fraction of sp³-hybridized carbons (Fsp3) is 0.400. The number of nitrogens with zero attached hydrogens (tertiary/aromatic N) is 2. The second kappa shape index (κ2) is 10.1. The van der Waals surface area contributed by atoms with E-state index in [4.69, 9.17) is 15.2 Å². The molecule has 0 radical (unpaired) electrons. The molecule has 34 heavy (non-hydrogen) atoms. The Morgan fingerprint density at radius 2 is 1.97 bits per heavy atom. The Morgan fingerprint density at radius 3 is 2.71 bits per heavy atom. The number of rotatable bonds is 8. The molecular formula is C25H30N4O5. The molecule has 180 valence electrons. The van der Waals surface area contributed by atoms with Crippen molar-refractivity contribution in [1.82, 2.24) is 4.90 Å². The van der Waals surface area contributed by atoms with Crippen molar-refractivity contribution in [3.05, 3.63) is 48.0 Å². The van der Waals surface area contributed by atoms with E-state index in [0.29, 0.717) is 29.4 Å². The number of ether oxygens (including phenoxy) is 2. The third-order valence-electron chi connectivity index (χ3n) is 6.44. The maximum atomic E-state index is 13.0. The van der Waals surface area contributed by atoms with Crippen molar-refractivity contribution < 1.29 is 23.9 Å². The lowest BCUT2D eigenvalue weighted by molar-refractivity contribution is -0.122. The van der Waals surface area contributed by atoms with E-state index >= 15 is 0 Å². The molecule has 0 saturated carbocycles. The highest BCUT2D eigenvalue weighted by atomic mass is 16.5. The van der Waals surface area contributed by atoms with Crippen molar-refractivity contribution in [3.63, 3.8) is 0 Å². The maximum Gasteiger partial charge on any atom is 0.234 e. The predicted molar refractivity (Wildman–Crippen MR) is 128 cm³/mol. The van der Waals surface area contributed by atoms with Gasteiger partial charge in [-0.15, -0.1) is 0 Å². The maximum absolute atomic E-state index is 13.0. The number of carbonyl (C=O) groups excluding carboxylic acids is 3. The zero-order chi connectivity index (χ0) is 24.2. The highest BCUT2D eigenvalue weighted by molar-refractivity contribution is 6.04. The SMILES string of the molecule is COc1ccc(OC)c(N2CC(C(=O)Nc3cccc(CN4CCCC4C(N)=O)c3)CC2=O)c1. The number of benzene rings is 2. The summed E-state index contributed by atoms with van der Waals surface area (Å²) in [7, 11) is 3.09. The van der Waals surface area contributed by atoms with Crippen LogP contribution in [0.3, 0.4) is 0 Å². The van der Waals surface area contributed by atoms with Crippen molar-refractivity contribution >= 4 is 29.1 Å². The average molecular weight is 467 g/mol. The fourth-order valence-corrected chi connectivity index (χ4v) is 4.69. The number of likely N-dealkylation sites (tertiary alicyclic amines) is 1. The number of carbonyl (C=O) groups is 3. The Bertz CT molecular complexity index is 1090. The molecular weight excluding hydrogens is 436 g/mol. The number of hydrogen-bond donors (Lipinski definition) is 2. The van der Waals surface area contributed by atoms with Gasteiger partial charge in [-0.05, 0) is 49.2 Å². The first-order valence-electron chi connectivity index (χ1n) is 11.3. The summed E-state index contributed by atoms with van der Waals surface area (Å²) >= 11 is 0. The van der Waals surface area contributed by atoms with Gasteiger partial charge in [0.1, 0.15) is 11.5 Å². The Hall–Kier alpha value is -3.59. The van der Waals surface area contributed by atoms with Crippen molar-refractivity contribution in [2.24, 2.45) is 11.7 Å². The van der Waals surface area contributed by atoms with Crippen LogP contribution in [-0.2, 0) is 20.9 Å². The molecule has 9 nitrogen and oxygen atoms in total. The molecule has 0 aromatic heterocycles. The monoisotopic (exact) mass is 466 g/mol. The van der Waals surface area contributed by atoms with Crippen molar-refractivity contribution in [2.75, 3.05) is 37.5 Å². The van der Waals surface area contributed by atoms with E-state index in [2.05, 4.69) is 10.2 Å². The zero-order valence-electron chi connectivity index (χ0n) is 19.5. The average Bonchev–Trinajstić information content (AvgIpc) is 3.45. The molecule has 0 aliphatic carbocycles. The summed E-state index contributed by atoms with van der Waals surface area (Å²) in [4.78, 5) is 41.1. The Morgan fingerprint density at radius 1 is 1.15 bits per heavy atom. The summed E-state index contributed by atoms with van der Waals surface area (Å²) in [5.41, 5.74) is 7.74. The van der Waals surface area contributed by atoms with Crippen LogP contribution in [0.4, 0.5) is 11.4 Å². The van der Waals surface area contributed by atoms with Gasteiger partial charge in [0.15, 0.2) is 0 Å². The topological polar surface area (TPSA) is 114 Å². The van der Waals surface area contributed by atoms with Crippen LogP contribution in [0, 0.1) is 5.92 Å². The molecule has 4 rings (SSSR count). The second-order valence-electron chi connectivity index (χ2n) is 8.66. The molecule has 2 aromatic rings. The molecule has 2 fully saturated rings. The largest absolute Gasteiger partial charge is 0.497 e. The molecule has 2 heterocycles. The van der Waals surface area contributed by atoms with Gasteiger partial charge < -0.3 is 25.4 Å². The highest BCUT2D eigenvalue weighted by Crippen LogP contribution is 2.36. The van der Waals surface area contributed by atoms with E-state index in [9.17, 15) is 14.4 Å². The predicted octanol–water partition coefficient (Wildman–Crippen LogP) is 2.15. The number of amides is 3. The summed E-state index contributed by atoms with van der Waals surface area (Å²) in [6, 6.07) is 12.5. The van der Waals surface area contributed by atoms with Crippen LogP contribution in [0.15, 0.2) is 42.5 Å². The number of methoxy groups -OCH3 is 2. The second-order valence-corrected chi connectivity index (χ2v) is 8.66. The number of hydrogen-bond acceptors (Lipinski definition) is 6. The van der Waals surface area contributed by atoms with E-state index in [1.807, 2.05) is 24.3 Å². The molecule has 0 bridgehead atoms. The van der Waals surface area contributed by atoms with Gasteiger partial charge >= 0.3 is 0 Å². The quantitative estimate of drug-likeness (QED) is 0.616. The standard InChI is InChI=1S/C25H30N4O5/c1-33-19-8-9-22(34-2)21(13-19)29-15-17(12-23(29)30)25(32)27-18-6-3-5-16(11-18)14-28-10-4-7-20(28)24(26)31/h3,5-6,8-9,11,13,17,20H,4,7,10,12,14-15H2,1-2H3,(H2,26,31)(H,27,32). The van der Waals surface area contributed by atoms with Gasteiger partial charge in [0.25, 0.3) is 0 Å². The van der Waals surface area contributed by atoms with Gasteiger partial charge in [-0.2, -0.15) is 0 Å². The van der Waals surface area contributed by atoms with Crippen LogP contribution < -0.4 is 25.4 Å². The molecule has 9 heteroatoms. The normalized spacial score (nSPS) is 20.4. The third-order valence-corrected chi connectivity index (χ3v) is 6.44. The lowest BCUT2D eigenvalue weighted by Crippen LogP contribution is -2.39. The van der Waals surface area contributed by atoms with Gasteiger partial charge in [-0.1, -0.05) is 12.1 Å². The first-order valence-corrected chi connectivity index (χ1v) is 11.3. The fourth-order valence-electron chi connectivity index (χ4n) is 4.69.